The zero-order valence-electron chi connectivity index (χ0n) is 19.9. The van der Waals surface area contributed by atoms with Gasteiger partial charge >= 0.3 is 0 Å². The van der Waals surface area contributed by atoms with Gasteiger partial charge in [-0.2, -0.15) is 0 Å². The standard InChI is InChI=1S/C28H27ClN2O4/c1-17(2)16-35-22-10-11-23(18(3)13-22)26(32)24-25(20-6-8-21(29)9-7-20)31(28(34)27(24)33)15-19-5-4-12-30-14-19/h4-14,17,25,32H,15-16H2,1-3H3/b26-24+/t25-/m0/s1. The first-order chi connectivity index (χ1) is 16.8. The Morgan fingerprint density at radius 3 is 2.51 bits per heavy atom. The molecule has 1 aliphatic heterocycles. The Morgan fingerprint density at radius 2 is 1.89 bits per heavy atom. The van der Waals surface area contributed by atoms with E-state index in [-0.39, 0.29) is 17.9 Å². The number of aliphatic hydroxyl groups is 1. The lowest BCUT2D eigenvalue weighted by Crippen LogP contribution is -2.29. The number of aromatic nitrogens is 1. The average Bonchev–Trinajstić information content (AvgIpc) is 3.08. The number of amides is 1. The highest BCUT2D eigenvalue weighted by Crippen LogP contribution is 2.41. The summed E-state index contributed by atoms with van der Waals surface area (Å²) in [6.45, 7) is 6.70. The molecule has 4 rings (SSSR count). The van der Waals surface area contributed by atoms with Gasteiger partial charge in [-0.3, -0.25) is 14.6 Å². The molecule has 2 heterocycles. The molecule has 0 unspecified atom stereocenters. The van der Waals surface area contributed by atoms with Gasteiger partial charge < -0.3 is 14.7 Å². The Labute approximate surface area is 209 Å². The van der Waals surface area contributed by atoms with Crippen LogP contribution in [0.3, 0.4) is 0 Å². The van der Waals surface area contributed by atoms with Crippen molar-refractivity contribution in [2.45, 2.75) is 33.4 Å². The summed E-state index contributed by atoms with van der Waals surface area (Å²) < 4.78 is 5.79. The minimum atomic E-state index is -0.774. The van der Waals surface area contributed by atoms with E-state index in [1.54, 1.807) is 54.9 Å². The first-order valence-corrected chi connectivity index (χ1v) is 11.8. The number of carbonyl (C=O) groups excluding carboxylic acids is 2. The van der Waals surface area contributed by atoms with Crippen molar-refractivity contribution in [1.29, 1.82) is 0 Å². The highest BCUT2D eigenvalue weighted by molar-refractivity contribution is 6.46. The van der Waals surface area contributed by atoms with Crippen LogP contribution in [0.5, 0.6) is 5.75 Å². The summed E-state index contributed by atoms with van der Waals surface area (Å²) in [6.07, 6.45) is 3.30. The second kappa shape index (κ2) is 10.3. The van der Waals surface area contributed by atoms with Crippen molar-refractivity contribution in [1.82, 2.24) is 9.88 Å². The molecule has 1 saturated heterocycles. The van der Waals surface area contributed by atoms with Crippen LogP contribution >= 0.6 is 11.6 Å². The minimum Gasteiger partial charge on any atom is -0.507 e. The van der Waals surface area contributed by atoms with Crippen molar-refractivity contribution in [2.24, 2.45) is 5.92 Å². The van der Waals surface area contributed by atoms with Crippen molar-refractivity contribution >= 4 is 29.1 Å². The number of ketones is 1. The number of hydrogen-bond donors (Lipinski definition) is 1. The largest absolute Gasteiger partial charge is 0.507 e. The van der Waals surface area contributed by atoms with E-state index in [2.05, 4.69) is 18.8 Å². The molecule has 1 atom stereocenters. The smallest absolute Gasteiger partial charge is 0.295 e. The monoisotopic (exact) mass is 490 g/mol. The summed E-state index contributed by atoms with van der Waals surface area (Å²) in [5.41, 5.74) is 2.70. The molecule has 0 bridgehead atoms. The second-order valence-corrected chi connectivity index (χ2v) is 9.46. The summed E-state index contributed by atoms with van der Waals surface area (Å²) in [6, 6.07) is 15.1. The predicted molar refractivity (Wildman–Crippen MR) is 135 cm³/mol. The molecule has 0 spiro atoms. The molecule has 1 amide bonds. The van der Waals surface area contributed by atoms with Crippen LogP contribution in [0.4, 0.5) is 0 Å². The Balaban J connectivity index is 1.79. The summed E-state index contributed by atoms with van der Waals surface area (Å²) in [5.74, 6) is -0.571. The molecule has 3 aromatic rings. The van der Waals surface area contributed by atoms with Crippen LogP contribution in [0.2, 0.25) is 5.02 Å². The number of halogens is 1. The quantitative estimate of drug-likeness (QED) is 0.261. The molecule has 0 aliphatic carbocycles. The lowest BCUT2D eigenvalue weighted by atomic mass is 9.94. The maximum atomic E-state index is 13.3. The minimum absolute atomic E-state index is 0.0418. The Hall–Kier alpha value is -3.64. The van der Waals surface area contributed by atoms with E-state index < -0.39 is 17.7 Å². The summed E-state index contributed by atoms with van der Waals surface area (Å²) in [5, 5.41) is 11.9. The number of aryl methyl sites for hydroxylation is 1. The van der Waals surface area contributed by atoms with Crippen LogP contribution in [0.1, 0.15) is 42.1 Å². The summed E-state index contributed by atoms with van der Waals surface area (Å²) >= 11 is 6.09. The fourth-order valence-corrected chi connectivity index (χ4v) is 4.25. The van der Waals surface area contributed by atoms with Crippen LogP contribution in [-0.4, -0.2) is 33.3 Å². The predicted octanol–water partition coefficient (Wildman–Crippen LogP) is 5.70. The van der Waals surface area contributed by atoms with E-state index in [4.69, 9.17) is 16.3 Å². The Kier molecular flexibility index (Phi) is 7.22. The van der Waals surface area contributed by atoms with Gasteiger partial charge in [0.15, 0.2) is 0 Å². The number of benzene rings is 2. The molecule has 35 heavy (non-hydrogen) atoms. The number of Topliss-reactive ketones (excluding diaryl/α,β-unsaturated/α-hetero) is 1. The van der Waals surface area contributed by atoms with Crippen molar-refractivity contribution in [3.8, 4) is 5.75 Å². The van der Waals surface area contributed by atoms with E-state index in [1.165, 1.54) is 4.90 Å². The first kappa shape index (κ1) is 24.5. The Bertz CT molecular complexity index is 1270. The van der Waals surface area contributed by atoms with E-state index in [9.17, 15) is 14.7 Å². The number of hydrogen-bond acceptors (Lipinski definition) is 5. The van der Waals surface area contributed by atoms with Gasteiger partial charge in [-0.15, -0.1) is 0 Å². The normalized spacial score (nSPS) is 17.3. The second-order valence-electron chi connectivity index (χ2n) is 9.02. The molecule has 1 N–H and O–H groups in total. The van der Waals surface area contributed by atoms with E-state index in [0.717, 1.165) is 11.1 Å². The van der Waals surface area contributed by atoms with Crippen LogP contribution < -0.4 is 4.74 Å². The van der Waals surface area contributed by atoms with Gasteiger partial charge in [0, 0.05) is 29.5 Å². The van der Waals surface area contributed by atoms with Gasteiger partial charge in [0.2, 0.25) is 0 Å². The zero-order chi connectivity index (χ0) is 25.1. The van der Waals surface area contributed by atoms with Crippen molar-refractivity contribution in [3.05, 3.63) is 99.8 Å². The van der Waals surface area contributed by atoms with Crippen molar-refractivity contribution < 1.29 is 19.4 Å². The number of ether oxygens (including phenoxy) is 1. The number of likely N-dealkylation sites (tertiary alicyclic amines) is 1. The lowest BCUT2D eigenvalue weighted by Gasteiger charge is -2.25. The maximum absolute atomic E-state index is 13.3. The van der Waals surface area contributed by atoms with E-state index >= 15 is 0 Å². The topological polar surface area (TPSA) is 79.7 Å². The third kappa shape index (κ3) is 5.23. The van der Waals surface area contributed by atoms with Gasteiger partial charge in [-0.25, -0.2) is 0 Å². The average molecular weight is 491 g/mol. The van der Waals surface area contributed by atoms with Gasteiger partial charge in [-0.05, 0) is 65.9 Å². The Morgan fingerprint density at radius 1 is 1.14 bits per heavy atom. The molecule has 7 heteroatoms. The fraction of sp³-hybridized carbons (Fsp3) is 0.250. The summed E-state index contributed by atoms with van der Waals surface area (Å²) in [7, 11) is 0. The molecule has 2 aromatic carbocycles. The number of pyridine rings is 1. The maximum Gasteiger partial charge on any atom is 0.295 e. The van der Waals surface area contributed by atoms with Crippen LogP contribution in [0.25, 0.3) is 5.76 Å². The highest BCUT2D eigenvalue weighted by atomic mass is 35.5. The van der Waals surface area contributed by atoms with E-state index in [0.29, 0.717) is 34.4 Å². The molecule has 0 radical (unpaired) electrons. The molecular weight excluding hydrogens is 464 g/mol. The van der Waals surface area contributed by atoms with Gasteiger partial charge in [0.05, 0.1) is 18.2 Å². The molecular formula is C28H27ClN2O4. The number of carbonyl (C=O) groups is 2. The van der Waals surface area contributed by atoms with Gasteiger partial charge in [0.25, 0.3) is 11.7 Å². The first-order valence-electron chi connectivity index (χ1n) is 11.4. The van der Waals surface area contributed by atoms with Crippen molar-refractivity contribution in [3.63, 3.8) is 0 Å². The zero-order valence-corrected chi connectivity index (χ0v) is 20.6. The van der Waals surface area contributed by atoms with Gasteiger partial charge in [-0.1, -0.05) is 43.6 Å². The number of nitrogens with zero attached hydrogens (tertiary/aromatic N) is 2. The molecule has 1 aliphatic rings. The third-order valence-electron chi connectivity index (χ3n) is 5.84. The SMILES string of the molecule is Cc1cc(OCC(C)C)ccc1/C(O)=C1\C(=O)C(=O)N(Cc2cccnc2)[C@H]1c1ccc(Cl)cc1. The molecule has 180 valence electrons. The third-order valence-corrected chi connectivity index (χ3v) is 6.09. The number of aliphatic hydroxyl groups excluding tert-OH is 1. The van der Waals surface area contributed by atoms with Crippen LogP contribution in [0.15, 0.2) is 72.6 Å². The van der Waals surface area contributed by atoms with E-state index in [1.807, 2.05) is 19.1 Å². The highest BCUT2D eigenvalue weighted by Gasteiger charge is 2.46. The molecule has 1 aromatic heterocycles. The van der Waals surface area contributed by atoms with Gasteiger partial charge in [0.1, 0.15) is 11.5 Å². The molecule has 1 fully saturated rings. The molecule has 0 saturated carbocycles. The lowest BCUT2D eigenvalue weighted by molar-refractivity contribution is -0.140. The molecule has 6 nitrogen and oxygen atoms in total. The summed E-state index contributed by atoms with van der Waals surface area (Å²) in [4.78, 5) is 32.0. The number of rotatable bonds is 7. The fourth-order valence-electron chi connectivity index (χ4n) is 4.12. The van der Waals surface area contributed by atoms with Crippen molar-refractivity contribution in [2.75, 3.05) is 6.61 Å². The van der Waals surface area contributed by atoms with Crippen LogP contribution in [-0.2, 0) is 16.1 Å². The van der Waals surface area contributed by atoms with Crippen LogP contribution in [0, 0.1) is 12.8 Å².